The average Bonchev–Trinajstić information content (AvgIpc) is 3.25. The van der Waals surface area contributed by atoms with Gasteiger partial charge in [-0.3, -0.25) is 9.59 Å². The van der Waals surface area contributed by atoms with Crippen LogP contribution in [0.1, 0.15) is 10.4 Å². The molecule has 0 radical (unpaired) electrons. The van der Waals surface area contributed by atoms with Gasteiger partial charge in [0, 0.05) is 0 Å². The largest absolute Gasteiger partial charge is 0.465 e. The maximum absolute atomic E-state index is 12.9. The lowest BCUT2D eigenvalue weighted by molar-refractivity contribution is -0.128. The molecule has 4 rings (SSSR count). The lowest BCUT2D eigenvalue weighted by atomic mass is 9.77. The van der Waals surface area contributed by atoms with Crippen molar-refractivity contribution in [3.05, 3.63) is 42.0 Å². The average molecular weight is 329 g/mol. The summed E-state index contributed by atoms with van der Waals surface area (Å²) in [7, 11) is 1.26. The second kappa shape index (κ2) is 4.99. The quantitative estimate of drug-likeness (QED) is 0.486. The number of carbonyl (C=O) groups excluding carboxylic acids is 3. The van der Waals surface area contributed by atoms with Gasteiger partial charge in [0.05, 0.1) is 42.9 Å². The molecule has 3 heterocycles. The number of methoxy groups -OCH3 is 1. The van der Waals surface area contributed by atoms with Crippen LogP contribution in [0.5, 0.6) is 0 Å². The van der Waals surface area contributed by atoms with Crippen LogP contribution < -0.4 is 4.90 Å². The molecule has 0 spiro atoms. The van der Waals surface area contributed by atoms with Gasteiger partial charge in [-0.05, 0) is 18.2 Å². The van der Waals surface area contributed by atoms with Gasteiger partial charge in [0.2, 0.25) is 11.8 Å². The molecule has 2 amide bonds. The van der Waals surface area contributed by atoms with Crippen molar-refractivity contribution in [3.63, 3.8) is 0 Å². The Hall–Kier alpha value is -2.51. The molecule has 3 aliphatic heterocycles. The predicted molar refractivity (Wildman–Crippen MR) is 81.1 cm³/mol. The highest BCUT2D eigenvalue weighted by Crippen LogP contribution is 2.52. The van der Waals surface area contributed by atoms with Crippen LogP contribution in [-0.2, 0) is 19.1 Å². The van der Waals surface area contributed by atoms with Gasteiger partial charge in [0.1, 0.15) is 5.60 Å². The first-order valence-corrected chi connectivity index (χ1v) is 7.56. The van der Waals surface area contributed by atoms with Gasteiger partial charge >= 0.3 is 5.97 Å². The fourth-order valence-electron chi connectivity index (χ4n) is 3.83. The summed E-state index contributed by atoms with van der Waals surface area (Å²) in [6, 6.07) is 6.17. The Morgan fingerprint density at radius 2 is 2.17 bits per heavy atom. The zero-order valence-corrected chi connectivity index (χ0v) is 12.8. The number of hydrogen-bond donors (Lipinski definition) is 1. The number of aliphatic hydroxyl groups is 1. The van der Waals surface area contributed by atoms with Crippen molar-refractivity contribution in [1.82, 2.24) is 0 Å². The molecule has 3 aliphatic rings. The predicted octanol–water partition coefficient (Wildman–Crippen LogP) is 0.278. The van der Waals surface area contributed by atoms with E-state index in [0.29, 0.717) is 5.69 Å². The molecule has 4 atom stereocenters. The van der Waals surface area contributed by atoms with E-state index in [2.05, 4.69) is 4.74 Å². The smallest absolute Gasteiger partial charge is 0.337 e. The minimum Gasteiger partial charge on any atom is -0.465 e. The molecule has 0 aliphatic carbocycles. The van der Waals surface area contributed by atoms with Crippen molar-refractivity contribution in [3.8, 4) is 0 Å². The van der Waals surface area contributed by atoms with Crippen LogP contribution in [0.2, 0.25) is 0 Å². The maximum Gasteiger partial charge on any atom is 0.337 e. The van der Waals surface area contributed by atoms with Gasteiger partial charge in [0.15, 0.2) is 0 Å². The fraction of sp³-hybridized carbons (Fsp3) is 0.353. The number of hydrogen-bond acceptors (Lipinski definition) is 6. The third-order valence-electron chi connectivity index (χ3n) is 4.93. The normalized spacial score (nSPS) is 33.2. The van der Waals surface area contributed by atoms with Gasteiger partial charge in [-0.1, -0.05) is 18.2 Å². The highest BCUT2D eigenvalue weighted by atomic mass is 16.5. The molecule has 24 heavy (non-hydrogen) atoms. The summed E-state index contributed by atoms with van der Waals surface area (Å²) >= 11 is 0. The van der Waals surface area contributed by atoms with Crippen molar-refractivity contribution in [2.24, 2.45) is 11.8 Å². The summed E-state index contributed by atoms with van der Waals surface area (Å²) in [5.74, 6) is -2.74. The van der Waals surface area contributed by atoms with Gasteiger partial charge < -0.3 is 14.6 Å². The number of amides is 2. The number of fused-ring (bicyclic) bond motifs is 5. The first-order chi connectivity index (χ1) is 11.5. The number of aliphatic hydroxyl groups excluding tert-OH is 1. The van der Waals surface area contributed by atoms with Crippen molar-refractivity contribution < 1.29 is 29.0 Å². The van der Waals surface area contributed by atoms with Crippen molar-refractivity contribution in [2.45, 2.75) is 11.7 Å². The fourth-order valence-corrected chi connectivity index (χ4v) is 3.83. The van der Waals surface area contributed by atoms with E-state index in [1.807, 2.05) is 0 Å². The van der Waals surface area contributed by atoms with E-state index >= 15 is 0 Å². The Bertz CT molecular complexity index is 787. The second-order valence-electron chi connectivity index (χ2n) is 6.11. The van der Waals surface area contributed by atoms with Gasteiger partial charge in [-0.2, -0.15) is 0 Å². The highest BCUT2D eigenvalue weighted by molar-refractivity contribution is 6.23. The van der Waals surface area contributed by atoms with E-state index in [0.717, 1.165) is 4.90 Å². The number of anilines is 1. The number of carbonyl (C=O) groups is 3. The van der Waals surface area contributed by atoms with E-state index in [9.17, 15) is 19.5 Å². The van der Waals surface area contributed by atoms with Crippen LogP contribution in [0.4, 0.5) is 5.69 Å². The molecule has 2 bridgehead atoms. The number of benzene rings is 1. The van der Waals surface area contributed by atoms with Crippen LogP contribution in [0.25, 0.3) is 0 Å². The van der Waals surface area contributed by atoms with Crippen LogP contribution in [0.3, 0.4) is 0 Å². The number of rotatable bonds is 3. The van der Waals surface area contributed by atoms with Crippen LogP contribution in [0.15, 0.2) is 36.4 Å². The number of imide groups is 1. The summed E-state index contributed by atoms with van der Waals surface area (Å²) in [4.78, 5) is 38.4. The summed E-state index contributed by atoms with van der Waals surface area (Å²) < 4.78 is 10.3. The summed E-state index contributed by atoms with van der Waals surface area (Å²) in [6.45, 7) is -0.365. The number of nitrogens with zero attached hydrogens (tertiary/aromatic N) is 1. The highest BCUT2D eigenvalue weighted by Gasteiger charge is 2.67. The molecule has 7 heteroatoms. The van der Waals surface area contributed by atoms with Crippen LogP contribution in [-0.4, -0.2) is 48.3 Å². The molecule has 2 fully saturated rings. The van der Waals surface area contributed by atoms with E-state index < -0.39 is 35.4 Å². The standard InChI is InChI=1S/C17H15NO6/c1-23-16(22)9-3-2-4-10(7-9)18-14(20)12-11-5-6-17(8-19,24-11)13(12)15(18)21/h2-7,11-13,19H,8H2,1H3/t11-,12+,13-,17+/m1/s1. The maximum atomic E-state index is 12.9. The monoisotopic (exact) mass is 329 g/mol. The summed E-state index contributed by atoms with van der Waals surface area (Å²) in [5, 5.41) is 9.68. The summed E-state index contributed by atoms with van der Waals surface area (Å²) in [5.41, 5.74) is -0.562. The van der Waals surface area contributed by atoms with E-state index in [1.54, 1.807) is 30.4 Å². The molecule has 0 aromatic heterocycles. The lowest BCUT2D eigenvalue weighted by Gasteiger charge is -2.26. The molecule has 7 nitrogen and oxygen atoms in total. The lowest BCUT2D eigenvalue weighted by Crippen LogP contribution is -2.43. The van der Waals surface area contributed by atoms with Crippen molar-refractivity contribution >= 4 is 23.5 Å². The van der Waals surface area contributed by atoms with Crippen LogP contribution >= 0.6 is 0 Å². The zero-order chi connectivity index (χ0) is 17.1. The zero-order valence-electron chi connectivity index (χ0n) is 12.8. The molecule has 2 saturated heterocycles. The third kappa shape index (κ3) is 1.76. The Kier molecular flexibility index (Phi) is 3.13. The molecular formula is C17H15NO6. The number of ether oxygens (including phenoxy) is 2. The van der Waals surface area contributed by atoms with Gasteiger partial charge in [-0.15, -0.1) is 0 Å². The Labute approximate surface area is 137 Å². The van der Waals surface area contributed by atoms with E-state index in [-0.39, 0.29) is 18.1 Å². The second-order valence-corrected chi connectivity index (χ2v) is 6.11. The van der Waals surface area contributed by atoms with Crippen LogP contribution in [0, 0.1) is 11.8 Å². The van der Waals surface area contributed by atoms with E-state index in [1.165, 1.54) is 13.2 Å². The third-order valence-corrected chi connectivity index (χ3v) is 4.93. The molecule has 1 aromatic carbocycles. The first-order valence-electron chi connectivity index (χ1n) is 7.56. The Balaban J connectivity index is 1.73. The van der Waals surface area contributed by atoms with Gasteiger partial charge in [-0.25, -0.2) is 9.69 Å². The molecule has 0 saturated carbocycles. The number of esters is 1. The Morgan fingerprint density at radius 1 is 1.38 bits per heavy atom. The Morgan fingerprint density at radius 3 is 2.88 bits per heavy atom. The topological polar surface area (TPSA) is 93.1 Å². The minimum absolute atomic E-state index is 0.252. The molecule has 1 N–H and O–H groups in total. The van der Waals surface area contributed by atoms with Gasteiger partial charge in [0.25, 0.3) is 0 Å². The SMILES string of the molecule is COC(=O)c1cccc(N2C(=O)[C@H]3[C@H]4C=C[C@@](CO)(O4)[C@H]3C2=O)c1. The molecule has 1 aromatic rings. The van der Waals surface area contributed by atoms with Crippen molar-refractivity contribution in [1.29, 1.82) is 0 Å². The summed E-state index contributed by atoms with van der Waals surface area (Å²) in [6.07, 6.45) is 2.88. The molecular weight excluding hydrogens is 314 g/mol. The molecule has 124 valence electrons. The first kappa shape index (κ1) is 15.0. The molecule has 0 unspecified atom stereocenters. The van der Waals surface area contributed by atoms with Crippen molar-refractivity contribution in [2.75, 3.05) is 18.6 Å². The minimum atomic E-state index is -1.13. The van der Waals surface area contributed by atoms with E-state index in [4.69, 9.17) is 4.74 Å².